The fraction of sp³-hybridized carbons (Fsp3) is 0.429. The van der Waals surface area contributed by atoms with E-state index in [1.54, 1.807) is 6.33 Å². The minimum Gasteiger partial charge on any atom is -0.271 e. The summed E-state index contributed by atoms with van der Waals surface area (Å²) in [7, 11) is 0. The molecule has 0 amide bonds. The topological polar surface area (TPSA) is 68.8 Å². The van der Waals surface area contributed by atoms with Crippen molar-refractivity contribution < 1.29 is 0 Å². The SMILES string of the molecule is CCn1ncnc1CC(NN)C1Cc2ccccc21. The molecule has 5 heteroatoms. The van der Waals surface area contributed by atoms with Gasteiger partial charge in [-0.15, -0.1) is 0 Å². The number of hydrazine groups is 1. The first kappa shape index (κ1) is 12.3. The number of aryl methyl sites for hydroxylation is 1. The lowest BCUT2D eigenvalue weighted by molar-refractivity contribution is 0.391. The van der Waals surface area contributed by atoms with E-state index in [4.69, 9.17) is 5.84 Å². The second kappa shape index (κ2) is 5.11. The summed E-state index contributed by atoms with van der Waals surface area (Å²) in [6.45, 7) is 2.91. The lowest BCUT2D eigenvalue weighted by Crippen LogP contribution is -2.45. The van der Waals surface area contributed by atoms with Gasteiger partial charge in [-0.05, 0) is 24.5 Å². The Morgan fingerprint density at radius 1 is 1.47 bits per heavy atom. The van der Waals surface area contributed by atoms with E-state index in [0.717, 1.165) is 25.2 Å². The van der Waals surface area contributed by atoms with Crippen LogP contribution in [-0.4, -0.2) is 20.8 Å². The van der Waals surface area contributed by atoms with Crippen LogP contribution >= 0.6 is 0 Å². The Hall–Kier alpha value is -1.72. The van der Waals surface area contributed by atoms with Gasteiger partial charge in [-0.3, -0.25) is 16.0 Å². The predicted octanol–water partition coefficient (Wildman–Crippen LogP) is 1.01. The zero-order chi connectivity index (χ0) is 13.2. The average Bonchev–Trinajstić information content (AvgIpc) is 2.86. The molecule has 0 bridgehead atoms. The Morgan fingerprint density at radius 3 is 3.05 bits per heavy atom. The van der Waals surface area contributed by atoms with Crippen molar-refractivity contribution in [3.8, 4) is 0 Å². The molecule has 1 aliphatic rings. The zero-order valence-corrected chi connectivity index (χ0v) is 11.1. The smallest absolute Gasteiger partial charge is 0.138 e. The van der Waals surface area contributed by atoms with Gasteiger partial charge in [0.15, 0.2) is 0 Å². The van der Waals surface area contributed by atoms with E-state index >= 15 is 0 Å². The summed E-state index contributed by atoms with van der Waals surface area (Å²) in [6, 6.07) is 8.78. The summed E-state index contributed by atoms with van der Waals surface area (Å²) in [5.41, 5.74) is 5.80. The van der Waals surface area contributed by atoms with Gasteiger partial charge in [0.2, 0.25) is 0 Å². The maximum atomic E-state index is 5.74. The van der Waals surface area contributed by atoms with Crippen LogP contribution in [-0.2, 0) is 19.4 Å². The van der Waals surface area contributed by atoms with Crippen LogP contribution in [0.1, 0.15) is 29.8 Å². The summed E-state index contributed by atoms with van der Waals surface area (Å²) in [5.74, 6) is 7.21. The van der Waals surface area contributed by atoms with Crippen LogP contribution in [0.25, 0.3) is 0 Å². The predicted molar refractivity (Wildman–Crippen MR) is 73.4 cm³/mol. The first-order valence-corrected chi connectivity index (χ1v) is 6.74. The summed E-state index contributed by atoms with van der Waals surface area (Å²) in [5, 5.41) is 4.21. The van der Waals surface area contributed by atoms with Crippen LogP contribution in [0.5, 0.6) is 0 Å². The first-order chi connectivity index (χ1) is 9.33. The number of hydrogen-bond donors (Lipinski definition) is 2. The molecule has 2 unspecified atom stereocenters. The van der Waals surface area contributed by atoms with Gasteiger partial charge >= 0.3 is 0 Å². The van der Waals surface area contributed by atoms with Gasteiger partial charge in [-0.2, -0.15) is 5.10 Å². The fourth-order valence-corrected chi connectivity index (χ4v) is 2.88. The number of hydrogen-bond acceptors (Lipinski definition) is 4. The minimum atomic E-state index is 0.212. The molecule has 19 heavy (non-hydrogen) atoms. The van der Waals surface area contributed by atoms with Crippen LogP contribution < -0.4 is 11.3 Å². The Balaban J connectivity index is 1.77. The Bertz CT molecular complexity index is 562. The number of aromatic nitrogens is 3. The average molecular weight is 257 g/mol. The molecule has 1 aromatic heterocycles. The van der Waals surface area contributed by atoms with E-state index in [-0.39, 0.29) is 6.04 Å². The molecule has 3 N–H and O–H groups in total. The second-order valence-corrected chi connectivity index (χ2v) is 4.98. The molecular weight excluding hydrogens is 238 g/mol. The van der Waals surface area contributed by atoms with Crippen molar-refractivity contribution >= 4 is 0 Å². The first-order valence-electron chi connectivity index (χ1n) is 6.74. The van der Waals surface area contributed by atoms with E-state index in [9.17, 15) is 0 Å². The van der Waals surface area contributed by atoms with Crippen LogP contribution in [0.15, 0.2) is 30.6 Å². The highest BCUT2D eigenvalue weighted by atomic mass is 15.3. The normalized spacial score (nSPS) is 18.7. The summed E-state index contributed by atoms with van der Waals surface area (Å²) >= 11 is 0. The van der Waals surface area contributed by atoms with Crippen molar-refractivity contribution in [1.29, 1.82) is 0 Å². The molecule has 1 heterocycles. The monoisotopic (exact) mass is 257 g/mol. The number of nitrogens with one attached hydrogen (secondary N) is 1. The zero-order valence-electron chi connectivity index (χ0n) is 11.1. The molecule has 100 valence electrons. The molecule has 0 fully saturated rings. The Morgan fingerprint density at radius 2 is 2.32 bits per heavy atom. The van der Waals surface area contributed by atoms with E-state index in [1.165, 1.54) is 11.1 Å². The van der Waals surface area contributed by atoms with Crippen molar-refractivity contribution in [2.24, 2.45) is 5.84 Å². The van der Waals surface area contributed by atoms with Gasteiger partial charge in [-0.25, -0.2) is 4.98 Å². The van der Waals surface area contributed by atoms with Crippen molar-refractivity contribution in [3.63, 3.8) is 0 Å². The number of rotatable bonds is 5. The Labute approximate surface area is 112 Å². The molecule has 0 aliphatic heterocycles. The van der Waals surface area contributed by atoms with Crippen LogP contribution in [0, 0.1) is 0 Å². The maximum Gasteiger partial charge on any atom is 0.138 e. The molecule has 0 saturated heterocycles. The Kier molecular flexibility index (Phi) is 3.31. The third-order valence-electron chi connectivity index (χ3n) is 3.99. The highest BCUT2D eigenvalue weighted by Crippen LogP contribution is 2.37. The standard InChI is InChI=1S/C14H19N5/c1-2-19-14(16-9-17-19)8-13(18-15)12-7-10-5-3-4-6-11(10)12/h3-6,9,12-13,18H,2,7-8,15H2,1H3. The molecule has 2 aromatic rings. The quantitative estimate of drug-likeness (QED) is 0.619. The second-order valence-electron chi connectivity index (χ2n) is 4.98. The van der Waals surface area contributed by atoms with Crippen molar-refractivity contribution in [1.82, 2.24) is 20.2 Å². The van der Waals surface area contributed by atoms with Crippen LogP contribution in [0.3, 0.4) is 0 Å². The van der Waals surface area contributed by atoms with Crippen LogP contribution in [0.4, 0.5) is 0 Å². The fourth-order valence-electron chi connectivity index (χ4n) is 2.88. The number of fused-ring (bicyclic) bond motifs is 1. The molecule has 1 aliphatic carbocycles. The summed E-state index contributed by atoms with van der Waals surface area (Å²) in [4.78, 5) is 4.33. The van der Waals surface area contributed by atoms with Gasteiger partial charge in [0.25, 0.3) is 0 Å². The highest BCUT2D eigenvalue weighted by Gasteiger charge is 2.32. The maximum absolute atomic E-state index is 5.74. The molecule has 0 radical (unpaired) electrons. The molecule has 0 spiro atoms. The molecule has 1 aromatic carbocycles. The third kappa shape index (κ3) is 2.15. The number of nitrogens with two attached hydrogens (primary N) is 1. The van der Waals surface area contributed by atoms with E-state index in [2.05, 4.69) is 46.7 Å². The number of nitrogens with zero attached hydrogens (tertiary/aromatic N) is 3. The lowest BCUT2D eigenvalue weighted by Gasteiger charge is -2.36. The summed E-state index contributed by atoms with van der Waals surface area (Å²) in [6.07, 6.45) is 3.51. The largest absolute Gasteiger partial charge is 0.271 e. The summed E-state index contributed by atoms with van der Waals surface area (Å²) < 4.78 is 1.93. The van der Waals surface area contributed by atoms with Gasteiger partial charge in [0.05, 0.1) is 0 Å². The van der Waals surface area contributed by atoms with E-state index in [0.29, 0.717) is 5.92 Å². The number of benzene rings is 1. The van der Waals surface area contributed by atoms with Crippen LogP contribution in [0.2, 0.25) is 0 Å². The van der Waals surface area contributed by atoms with Crippen molar-refractivity contribution in [2.45, 2.75) is 38.3 Å². The van der Waals surface area contributed by atoms with Crippen molar-refractivity contribution in [2.75, 3.05) is 0 Å². The minimum absolute atomic E-state index is 0.212. The van der Waals surface area contributed by atoms with Gasteiger partial charge in [0, 0.05) is 24.9 Å². The van der Waals surface area contributed by atoms with Gasteiger partial charge < -0.3 is 0 Å². The highest BCUT2D eigenvalue weighted by molar-refractivity contribution is 5.41. The van der Waals surface area contributed by atoms with Gasteiger partial charge in [0.1, 0.15) is 12.2 Å². The molecule has 0 saturated carbocycles. The van der Waals surface area contributed by atoms with Gasteiger partial charge in [-0.1, -0.05) is 24.3 Å². The molecule has 2 atom stereocenters. The van der Waals surface area contributed by atoms with Crippen molar-refractivity contribution in [3.05, 3.63) is 47.5 Å². The van der Waals surface area contributed by atoms with E-state index < -0.39 is 0 Å². The molecular formula is C14H19N5. The van der Waals surface area contributed by atoms with E-state index in [1.807, 2.05) is 4.68 Å². The molecule has 5 nitrogen and oxygen atoms in total. The lowest BCUT2D eigenvalue weighted by atomic mass is 9.73. The molecule has 3 rings (SSSR count). The third-order valence-corrected chi connectivity index (χ3v) is 3.99.